The molecule has 0 N–H and O–H groups in total. The van der Waals surface area contributed by atoms with Crippen LogP contribution in [0, 0.1) is 0 Å². The lowest BCUT2D eigenvalue weighted by Crippen LogP contribution is -2.41. The molecule has 0 radical (unpaired) electrons. The Morgan fingerprint density at radius 3 is 2.25 bits per heavy atom. The van der Waals surface area contributed by atoms with E-state index in [0.717, 1.165) is 12.2 Å². The molecule has 2 nitrogen and oxygen atoms in total. The molecule has 0 bridgehead atoms. The maximum atomic E-state index is 6.03. The van der Waals surface area contributed by atoms with Gasteiger partial charge in [0.25, 0.3) is 0 Å². The van der Waals surface area contributed by atoms with E-state index < -0.39 is 0 Å². The Hall–Kier alpha value is -0.0551. The van der Waals surface area contributed by atoms with Crippen molar-refractivity contribution in [2.24, 2.45) is 0 Å². The summed E-state index contributed by atoms with van der Waals surface area (Å²) in [6.07, 6.45) is 3.34. The van der Waals surface area contributed by atoms with E-state index >= 15 is 0 Å². The molecule has 0 aromatic heterocycles. The summed E-state index contributed by atoms with van der Waals surface area (Å²) in [6.45, 7) is 8.40. The Balaban J connectivity index is 2.12. The van der Waals surface area contributed by atoms with Crippen LogP contribution in [-0.4, -0.2) is 35.7 Å². The predicted octanol–water partition coefficient (Wildman–Crippen LogP) is 2.65. The fraction of sp³-hybridized carbons (Fsp3) is 0.750. The van der Waals surface area contributed by atoms with Crippen LogP contribution in [0.4, 0.5) is 0 Å². The summed E-state index contributed by atoms with van der Waals surface area (Å²) in [7, 11) is 0.176. The highest BCUT2D eigenvalue weighted by Crippen LogP contribution is 2.40. The molecule has 2 aliphatic heterocycles. The highest BCUT2D eigenvalue weighted by atomic mass is 32.2. The standard InChI is InChI=1S/C12H21BO2S/c1-11(2)12(3,4)15-13(14-11)10-6-8-16(5)9-7-10/h6H,5,7-9H2,1-4H3. The first-order valence-electron chi connectivity index (χ1n) is 5.83. The molecule has 16 heavy (non-hydrogen) atoms. The SMILES string of the molecule is C=S1CC=C(B2OC(C)(C)C(C)(C)O2)CC1. The molecule has 1 unspecified atom stereocenters. The molecule has 2 heterocycles. The zero-order chi connectivity index (χ0) is 12.0. The minimum atomic E-state index is -0.220. The summed E-state index contributed by atoms with van der Waals surface area (Å²) in [5, 5.41) is 0. The van der Waals surface area contributed by atoms with Gasteiger partial charge in [0, 0.05) is 5.75 Å². The number of hydrogen-bond donors (Lipinski definition) is 0. The topological polar surface area (TPSA) is 18.5 Å². The summed E-state index contributed by atoms with van der Waals surface area (Å²) >= 11 is 0. The molecule has 1 saturated heterocycles. The highest BCUT2D eigenvalue weighted by Gasteiger charge is 2.52. The first-order chi connectivity index (χ1) is 7.32. The van der Waals surface area contributed by atoms with Crippen molar-refractivity contribution in [3.05, 3.63) is 11.5 Å². The molecule has 1 fully saturated rings. The lowest BCUT2D eigenvalue weighted by molar-refractivity contribution is 0.00578. The Morgan fingerprint density at radius 2 is 1.81 bits per heavy atom. The van der Waals surface area contributed by atoms with Crippen molar-refractivity contribution in [1.82, 2.24) is 0 Å². The van der Waals surface area contributed by atoms with Crippen LogP contribution in [0.15, 0.2) is 11.5 Å². The van der Waals surface area contributed by atoms with Gasteiger partial charge in [-0.25, -0.2) is 0 Å². The monoisotopic (exact) mass is 240 g/mol. The van der Waals surface area contributed by atoms with Gasteiger partial charge in [-0.15, -0.1) is 0 Å². The molecule has 2 aliphatic rings. The maximum absolute atomic E-state index is 6.03. The second-order valence-electron chi connectivity index (χ2n) is 5.60. The lowest BCUT2D eigenvalue weighted by atomic mass is 9.76. The van der Waals surface area contributed by atoms with Crippen LogP contribution < -0.4 is 0 Å². The van der Waals surface area contributed by atoms with Crippen LogP contribution >= 0.6 is 10.5 Å². The van der Waals surface area contributed by atoms with Crippen molar-refractivity contribution in [3.63, 3.8) is 0 Å². The molecule has 0 spiro atoms. The first kappa shape index (κ1) is 12.4. The number of rotatable bonds is 1. The largest absolute Gasteiger partial charge is 0.490 e. The van der Waals surface area contributed by atoms with E-state index in [-0.39, 0.29) is 18.3 Å². The summed E-state index contributed by atoms with van der Waals surface area (Å²) < 4.78 is 12.1. The molecular formula is C12H21BO2S. The minimum Gasteiger partial charge on any atom is -0.400 e. The molecule has 0 saturated carbocycles. The maximum Gasteiger partial charge on any atom is 0.490 e. The van der Waals surface area contributed by atoms with Crippen LogP contribution in [0.25, 0.3) is 0 Å². The molecule has 0 amide bonds. The highest BCUT2D eigenvalue weighted by molar-refractivity contribution is 8.14. The van der Waals surface area contributed by atoms with Crippen molar-refractivity contribution in [2.45, 2.75) is 45.3 Å². The molecule has 2 rings (SSSR count). The average Bonchev–Trinajstić information content (AvgIpc) is 2.37. The first-order valence-corrected chi connectivity index (χ1v) is 7.57. The van der Waals surface area contributed by atoms with E-state index in [2.05, 4.69) is 39.6 Å². The third-order valence-electron chi connectivity index (χ3n) is 3.82. The van der Waals surface area contributed by atoms with Crippen LogP contribution in [0.5, 0.6) is 0 Å². The quantitative estimate of drug-likeness (QED) is 0.518. The fourth-order valence-corrected chi connectivity index (χ4v) is 3.02. The van der Waals surface area contributed by atoms with Crippen molar-refractivity contribution in [3.8, 4) is 0 Å². The van der Waals surface area contributed by atoms with Crippen molar-refractivity contribution < 1.29 is 9.31 Å². The zero-order valence-electron chi connectivity index (χ0n) is 10.7. The Kier molecular flexibility index (Phi) is 3.10. The minimum absolute atomic E-state index is 0.137. The van der Waals surface area contributed by atoms with Gasteiger partial charge in [-0.1, -0.05) is 11.9 Å². The van der Waals surface area contributed by atoms with Gasteiger partial charge in [0.05, 0.1) is 11.2 Å². The Bertz CT molecular complexity index is 331. The summed E-state index contributed by atoms with van der Waals surface area (Å²) in [5.74, 6) is 6.38. The lowest BCUT2D eigenvalue weighted by Gasteiger charge is -2.32. The molecule has 1 atom stereocenters. The fourth-order valence-electron chi connectivity index (χ4n) is 1.88. The molecule has 0 aliphatic carbocycles. The van der Waals surface area contributed by atoms with Crippen LogP contribution in [0.1, 0.15) is 34.1 Å². The van der Waals surface area contributed by atoms with E-state index in [4.69, 9.17) is 9.31 Å². The zero-order valence-corrected chi connectivity index (χ0v) is 11.5. The Morgan fingerprint density at radius 1 is 1.25 bits per heavy atom. The smallest absolute Gasteiger partial charge is 0.400 e. The predicted molar refractivity (Wildman–Crippen MR) is 73.2 cm³/mol. The number of hydrogen-bond acceptors (Lipinski definition) is 2. The summed E-state index contributed by atoms with van der Waals surface area (Å²) in [4.78, 5) is 0. The van der Waals surface area contributed by atoms with Crippen molar-refractivity contribution in [2.75, 3.05) is 11.5 Å². The van der Waals surface area contributed by atoms with Gasteiger partial charge in [-0.2, -0.15) is 10.5 Å². The summed E-state index contributed by atoms with van der Waals surface area (Å²) in [6, 6.07) is 0. The molecule has 0 aromatic carbocycles. The average molecular weight is 240 g/mol. The molecule has 4 heteroatoms. The van der Waals surface area contributed by atoms with Gasteiger partial charge in [0.15, 0.2) is 0 Å². The molecule has 90 valence electrons. The second kappa shape index (κ2) is 4.00. The summed E-state index contributed by atoms with van der Waals surface area (Å²) in [5.41, 5.74) is 0.871. The van der Waals surface area contributed by atoms with Gasteiger partial charge >= 0.3 is 7.12 Å². The van der Waals surface area contributed by atoms with Gasteiger partial charge in [-0.05, 0) is 45.3 Å². The second-order valence-corrected chi connectivity index (χ2v) is 7.57. The van der Waals surface area contributed by atoms with E-state index in [1.807, 2.05) is 0 Å². The third-order valence-corrected chi connectivity index (χ3v) is 5.24. The third kappa shape index (κ3) is 2.15. The van der Waals surface area contributed by atoms with E-state index in [1.54, 1.807) is 0 Å². The van der Waals surface area contributed by atoms with Crippen LogP contribution in [0.2, 0.25) is 0 Å². The van der Waals surface area contributed by atoms with E-state index in [9.17, 15) is 0 Å². The van der Waals surface area contributed by atoms with Gasteiger partial charge < -0.3 is 9.31 Å². The van der Waals surface area contributed by atoms with E-state index in [0.29, 0.717) is 10.5 Å². The van der Waals surface area contributed by atoms with Crippen molar-refractivity contribution >= 4 is 23.5 Å². The van der Waals surface area contributed by atoms with E-state index in [1.165, 1.54) is 11.2 Å². The Labute approximate surface area is 101 Å². The van der Waals surface area contributed by atoms with Gasteiger partial charge in [-0.3, -0.25) is 0 Å². The van der Waals surface area contributed by atoms with Crippen molar-refractivity contribution in [1.29, 1.82) is 0 Å². The van der Waals surface area contributed by atoms with Gasteiger partial charge in [0.1, 0.15) is 0 Å². The normalized spacial score (nSPS) is 32.6. The van der Waals surface area contributed by atoms with Crippen LogP contribution in [0.3, 0.4) is 0 Å². The van der Waals surface area contributed by atoms with Crippen LogP contribution in [-0.2, 0) is 9.31 Å². The molecule has 0 aromatic rings. The number of allylic oxidation sites excluding steroid dienone is 1. The molecular weight excluding hydrogens is 219 g/mol. The van der Waals surface area contributed by atoms with Gasteiger partial charge in [0.2, 0.25) is 0 Å².